The Hall–Kier alpha value is -1.18. The van der Waals surface area contributed by atoms with Crippen molar-refractivity contribution in [2.24, 2.45) is 0 Å². The van der Waals surface area contributed by atoms with Gasteiger partial charge in [-0.05, 0) is 6.07 Å². The molecule has 0 aliphatic carbocycles. The molecule has 0 N–H and O–H groups in total. The largest absolute Gasteiger partial charge is 0.449 e. The van der Waals surface area contributed by atoms with Gasteiger partial charge in [-0.3, -0.25) is 0 Å². The van der Waals surface area contributed by atoms with Gasteiger partial charge in [-0.15, -0.1) is 0 Å². The molecule has 0 amide bonds. The van der Waals surface area contributed by atoms with E-state index in [0.29, 0.717) is 5.75 Å². The summed E-state index contributed by atoms with van der Waals surface area (Å²) in [6, 6.07) is 8.52. The fraction of sp³-hybridized carbons (Fsp3) is 0.333. The Morgan fingerprint density at radius 2 is 2.18 bits per heavy atom. The van der Waals surface area contributed by atoms with Gasteiger partial charge in [0.25, 0.3) is 0 Å². The SMILES string of the molecule is CC1(C)Oc2[c]cccc2O1. The van der Waals surface area contributed by atoms with Crippen LogP contribution < -0.4 is 9.47 Å². The van der Waals surface area contributed by atoms with Crippen molar-refractivity contribution >= 4 is 0 Å². The molecule has 2 heteroatoms. The van der Waals surface area contributed by atoms with Gasteiger partial charge in [-0.2, -0.15) is 0 Å². The summed E-state index contributed by atoms with van der Waals surface area (Å²) in [6.07, 6.45) is 0. The minimum absolute atomic E-state index is 0.528. The Labute approximate surface area is 65.7 Å². The number of hydrogen-bond donors (Lipinski definition) is 0. The van der Waals surface area contributed by atoms with Gasteiger partial charge < -0.3 is 9.47 Å². The summed E-state index contributed by atoms with van der Waals surface area (Å²) < 4.78 is 10.9. The Bertz CT molecular complexity index is 252. The second-order valence-corrected chi connectivity index (χ2v) is 2.97. The molecule has 0 spiro atoms. The first kappa shape index (κ1) is 6.53. The summed E-state index contributed by atoms with van der Waals surface area (Å²) in [6.45, 7) is 3.75. The Morgan fingerprint density at radius 3 is 2.91 bits per heavy atom. The first-order chi connectivity index (χ1) is 5.17. The standard InChI is InChI=1S/C9H9O2/c1-9(2)10-7-5-3-4-6-8(7)11-9/h3-5H,1-2H3. The summed E-state index contributed by atoms with van der Waals surface area (Å²) in [5.41, 5.74) is 0. The van der Waals surface area contributed by atoms with E-state index in [1.807, 2.05) is 32.0 Å². The highest BCUT2D eigenvalue weighted by molar-refractivity contribution is 5.41. The molecule has 1 aliphatic heterocycles. The van der Waals surface area contributed by atoms with E-state index in [1.54, 1.807) is 0 Å². The summed E-state index contributed by atoms with van der Waals surface area (Å²) in [5.74, 6) is 0.954. The average molecular weight is 149 g/mol. The van der Waals surface area contributed by atoms with Crippen LogP contribution in [0.2, 0.25) is 0 Å². The molecule has 0 saturated carbocycles. The molecule has 1 heterocycles. The molecule has 11 heavy (non-hydrogen) atoms. The lowest BCUT2D eigenvalue weighted by Gasteiger charge is -2.16. The molecule has 57 valence electrons. The van der Waals surface area contributed by atoms with Crippen molar-refractivity contribution in [1.29, 1.82) is 0 Å². The molecule has 0 atom stereocenters. The van der Waals surface area contributed by atoms with E-state index in [0.717, 1.165) is 5.75 Å². The van der Waals surface area contributed by atoms with Gasteiger partial charge in [-0.1, -0.05) is 12.1 Å². The van der Waals surface area contributed by atoms with Crippen LogP contribution in [0.15, 0.2) is 18.2 Å². The van der Waals surface area contributed by atoms with Crippen LogP contribution in [-0.2, 0) is 0 Å². The van der Waals surface area contributed by atoms with Crippen molar-refractivity contribution in [2.75, 3.05) is 0 Å². The first-order valence-electron chi connectivity index (χ1n) is 3.56. The molecule has 1 aliphatic rings. The van der Waals surface area contributed by atoms with E-state index < -0.39 is 5.79 Å². The van der Waals surface area contributed by atoms with Crippen molar-refractivity contribution in [3.63, 3.8) is 0 Å². The van der Waals surface area contributed by atoms with Gasteiger partial charge in [0, 0.05) is 19.9 Å². The maximum absolute atomic E-state index is 5.44. The second-order valence-electron chi connectivity index (χ2n) is 2.97. The van der Waals surface area contributed by atoms with Crippen LogP contribution in [0.25, 0.3) is 0 Å². The molecule has 0 unspecified atom stereocenters. The Balaban J connectivity index is 2.41. The number of fused-ring (bicyclic) bond motifs is 1. The quantitative estimate of drug-likeness (QED) is 0.561. The molecule has 2 nitrogen and oxygen atoms in total. The maximum Gasteiger partial charge on any atom is 0.246 e. The van der Waals surface area contributed by atoms with Gasteiger partial charge in [0.1, 0.15) is 0 Å². The third-order valence-electron chi connectivity index (χ3n) is 1.49. The van der Waals surface area contributed by atoms with Crippen LogP contribution in [0.5, 0.6) is 11.5 Å². The van der Waals surface area contributed by atoms with E-state index >= 15 is 0 Å². The van der Waals surface area contributed by atoms with E-state index in [4.69, 9.17) is 9.47 Å². The molecular weight excluding hydrogens is 140 g/mol. The van der Waals surface area contributed by atoms with Gasteiger partial charge in [0.15, 0.2) is 11.5 Å². The Kier molecular flexibility index (Phi) is 1.13. The fourth-order valence-electron chi connectivity index (χ4n) is 1.10. The molecule has 1 radical (unpaired) electrons. The van der Waals surface area contributed by atoms with Crippen LogP contribution in [0.1, 0.15) is 13.8 Å². The summed E-state index contributed by atoms with van der Waals surface area (Å²) >= 11 is 0. The van der Waals surface area contributed by atoms with Gasteiger partial charge in [0.05, 0.1) is 0 Å². The number of benzene rings is 1. The van der Waals surface area contributed by atoms with Gasteiger partial charge >= 0.3 is 0 Å². The zero-order valence-electron chi connectivity index (χ0n) is 6.55. The summed E-state index contributed by atoms with van der Waals surface area (Å²) in [4.78, 5) is 0. The van der Waals surface area contributed by atoms with E-state index in [2.05, 4.69) is 6.07 Å². The third-order valence-corrected chi connectivity index (χ3v) is 1.49. The molecule has 0 saturated heterocycles. The summed E-state index contributed by atoms with van der Waals surface area (Å²) in [5, 5.41) is 0. The highest BCUT2D eigenvalue weighted by Crippen LogP contribution is 2.37. The predicted molar refractivity (Wildman–Crippen MR) is 40.6 cm³/mol. The van der Waals surface area contributed by atoms with Crippen molar-refractivity contribution in [1.82, 2.24) is 0 Å². The van der Waals surface area contributed by atoms with Crippen LogP contribution in [0, 0.1) is 6.07 Å². The average Bonchev–Trinajstić information content (AvgIpc) is 2.21. The normalized spacial score (nSPS) is 18.4. The highest BCUT2D eigenvalue weighted by Gasteiger charge is 2.30. The van der Waals surface area contributed by atoms with Crippen LogP contribution in [0.3, 0.4) is 0 Å². The molecule has 0 aromatic heterocycles. The molecule has 1 aromatic carbocycles. The van der Waals surface area contributed by atoms with E-state index in [1.165, 1.54) is 0 Å². The van der Waals surface area contributed by atoms with E-state index in [-0.39, 0.29) is 0 Å². The minimum Gasteiger partial charge on any atom is -0.449 e. The molecular formula is C9H9O2. The lowest BCUT2D eigenvalue weighted by molar-refractivity contribution is -0.0432. The zero-order valence-corrected chi connectivity index (χ0v) is 6.55. The van der Waals surface area contributed by atoms with Crippen molar-refractivity contribution < 1.29 is 9.47 Å². The molecule has 0 bridgehead atoms. The monoisotopic (exact) mass is 149 g/mol. The number of rotatable bonds is 0. The second kappa shape index (κ2) is 1.91. The Morgan fingerprint density at radius 1 is 1.36 bits per heavy atom. The van der Waals surface area contributed by atoms with Gasteiger partial charge in [-0.25, -0.2) is 0 Å². The molecule has 2 rings (SSSR count). The van der Waals surface area contributed by atoms with Gasteiger partial charge in [0.2, 0.25) is 5.79 Å². The van der Waals surface area contributed by atoms with Crippen molar-refractivity contribution in [2.45, 2.75) is 19.6 Å². The minimum atomic E-state index is -0.528. The maximum atomic E-state index is 5.44. The fourth-order valence-corrected chi connectivity index (χ4v) is 1.10. The van der Waals surface area contributed by atoms with E-state index in [9.17, 15) is 0 Å². The predicted octanol–water partition coefficient (Wildman–Crippen LogP) is 1.99. The zero-order chi connectivity index (χ0) is 7.90. The van der Waals surface area contributed by atoms with Crippen molar-refractivity contribution in [3.05, 3.63) is 24.3 Å². The number of para-hydroxylation sites is 1. The number of ether oxygens (including phenoxy) is 2. The smallest absolute Gasteiger partial charge is 0.246 e. The molecule has 0 fully saturated rings. The number of hydrogen-bond acceptors (Lipinski definition) is 2. The van der Waals surface area contributed by atoms with Crippen LogP contribution in [0.4, 0.5) is 0 Å². The van der Waals surface area contributed by atoms with Crippen molar-refractivity contribution in [3.8, 4) is 11.5 Å². The highest BCUT2D eigenvalue weighted by atomic mass is 16.7. The van der Waals surface area contributed by atoms with Crippen LogP contribution >= 0.6 is 0 Å². The summed E-state index contributed by atoms with van der Waals surface area (Å²) in [7, 11) is 0. The van der Waals surface area contributed by atoms with Crippen LogP contribution in [-0.4, -0.2) is 5.79 Å². The molecule has 1 aromatic rings. The lowest BCUT2D eigenvalue weighted by atomic mass is 10.3. The third kappa shape index (κ3) is 1.04. The lowest BCUT2D eigenvalue weighted by Crippen LogP contribution is -2.29. The topological polar surface area (TPSA) is 18.5 Å². The first-order valence-corrected chi connectivity index (χ1v) is 3.56.